The number of benzene rings is 1. The summed E-state index contributed by atoms with van der Waals surface area (Å²) in [6.07, 6.45) is -0.124. The van der Waals surface area contributed by atoms with Crippen LogP contribution < -0.4 is 0 Å². The molecule has 1 atom stereocenters. The third-order valence-corrected chi connectivity index (χ3v) is 2.65. The first-order valence-corrected chi connectivity index (χ1v) is 5.83. The predicted molar refractivity (Wildman–Crippen MR) is 65.2 cm³/mol. The van der Waals surface area contributed by atoms with Crippen molar-refractivity contribution in [1.82, 2.24) is 0 Å². The highest BCUT2D eigenvalue weighted by atomic mass is 79.9. The molecule has 1 N–H and O–H groups in total. The molecule has 0 saturated carbocycles. The van der Waals surface area contributed by atoms with Crippen molar-refractivity contribution < 1.29 is 14.7 Å². The Labute approximate surface area is 103 Å². The minimum atomic E-state index is -0.930. The summed E-state index contributed by atoms with van der Waals surface area (Å²) in [5.41, 5.74) is 2.01. The molecule has 0 bridgehead atoms. The Morgan fingerprint density at radius 3 is 2.56 bits per heavy atom. The summed E-state index contributed by atoms with van der Waals surface area (Å²) >= 11 is 3.20. The Bertz CT molecular complexity index is 424. The van der Waals surface area contributed by atoms with E-state index in [0.29, 0.717) is 11.1 Å². The number of halogens is 1. The van der Waals surface area contributed by atoms with E-state index in [4.69, 9.17) is 5.11 Å². The lowest BCUT2D eigenvalue weighted by molar-refractivity contribution is -0.136. The maximum atomic E-state index is 11.9. The number of Topliss-reactive ketones (excluding diaryl/α,β-unsaturated/α-hetero) is 1. The lowest BCUT2D eigenvalue weighted by Gasteiger charge is -2.09. The molecule has 3 nitrogen and oxygen atoms in total. The fourth-order valence-electron chi connectivity index (χ4n) is 1.45. The highest BCUT2D eigenvalue weighted by Gasteiger charge is 2.17. The van der Waals surface area contributed by atoms with Crippen LogP contribution in [0.3, 0.4) is 0 Å². The molecule has 16 heavy (non-hydrogen) atoms. The van der Waals surface area contributed by atoms with Crippen LogP contribution in [0.4, 0.5) is 0 Å². The summed E-state index contributed by atoms with van der Waals surface area (Å²) in [4.78, 5) is 22.2. The number of carbonyl (C=O) groups excluding carboxylic acids is 1. The number of carboxylic acid groups (broad SMARTS) is 1. The van der Waals surface area contributed by atoms with Crippen LogP contribution in [-0.2, 0) is 11.2 Å². The molecule has 86 valence electrons. The monoisotopic (exact) mass is 284 g/mol. The second kappa shape index (κ2) is 5.25. The molecular weight excluding hydrogens is 272 g/mol. The molecule has 0 fully saturated rings. The first-order valence-electron chi connectivity index (χ1n) is 4.91. The van der Waals surface area contributed by atoms with Crippen molar-refractivity contribution in [3.8, 4) is 0 Å². The third-order valence-electron chi connectivity index (χ3n) is 2.23. The van der Waals surface area contributed by atoms with Crippen molar-refractivity contribution in [2.45, 2.75) is 25.1 Å². The van der Waals surface area contributed by atoms with Crippen molar-refractivity contribution in [2.75, 3.05) is 0 Å². The molecule has 0 aliphatic rings. The number of carboxylic acids is 1. The van der Waals surface area contributed by atoms with Crippen molar-refractivity contribution in [2.24, 2.45) is 0 Å². The van der Waals surface area contributed by atoms with Gasteiger partial charge in [0.05, 0.1) is 11.2 Å². The van der Waals surface area contributed by atoms with E-state index >= 15 is 0 Å². The molecule has 0 radical (unpaired) electrons. The zero-order chi connectivity index (χ0) is 12.3. The van der Waals surface area contributed by atoms with Gasteiger partial charge in [0, 0.05) is 5.56 Å². The second-order valence-electron chi connectivity index (χ2n) is 3.71. The first kappa shape index (κ1) is 12.9. The van der Waals surface area contributed by atoms with Crippen LogP contribution in [0.5, 0.6) is 0 Å². The fourth-order valence-corrected chi connectivity index (χ4v) is 1.70. The number of aliphatic carboxylic acids is 1. The van der Waals surface area contributed by atoms with Gasteiger partial charge in [0.2, 0.25) is 0 Å². The van der Waals surface area contributed by atoms with Gasteiger partial charge in [0.25, 0.3) is 0 Å². The van der Waals surface area contributed by atoms with E-state index in [-0.39, 0.29) is 17.0 Å². The van der Waals surface area contributed by atoms with Gasteiger partial charge in [-0.1, -0.05) is 33.6 Å². The topological polar surface area (TPSA) is 54.4 Å². The summed E-state index contributed by atoms with van der Waals surface area (Å²) in [7, 11) is 0. The van der Waals surface area contributed by atoms with Crippen molar-refractivity contribution >= 4 is 27.7 Å². The molecule has 0 aromatic heterocycles. The van der Waals surface area contributed by atoms with Crippen molar-refractivity contribution in [3.63, 3.8) is 0 Å². The second-order valence-corrected chi connectivity index (χ2v) is 5.08. The van der Waals surface area contributed by atoms with Crippen molar-refractivity contribution in [3.05, 3.63) is 34.9 Å². The van der Waals surface area contributed by atoms with E-state index in [1.807, 2.05) is 13.0 Å². The van der Waals surface area contributed by atoms with Crippen LogP contribution in [0.25, 0.3) is 0 Å². The van der Waals surface area contributed by atoms with E-state index in [0.717, 1.165) is 5.56 Å². The average Bonchev–Trinajstić information content (AvgIpc) is 2.18. The third kappa shape index (κ3) is 3.17. The molecule has 1 aromatic rings. The number of hydrogen-bond donors (Lipinski definition) is 1. The quantitative estimate of drug-likeness (QED) is 0.683. The van der Waals surface area contributed by atoms with Gasteiger partial charge in [-0.05, 0) is 25.5 Å². The summed E-state index contributed by atoms with van der Waals surface area (Å²) in [6, 6.07) is 5.25. The predicted octanol–water partition coefficient (Wildman–Crippen LogP) is 2.59. The fraction of sp³-hybridized carbons (Fsp3) is 0.333. The van der Waals surface area contributed by atoms with E-state index in [1.165, 1.54) is 0 Å². The summed E-state index contributed by atoms with van der Waals surface area (Å²) in [5.74, 6) is -1.01. The average molecular weight is 285 g/mol. The number of aryl methyl sites for hydroxylation is 1. The van der Waals surface area contributed by atoms with Crippen LogP contribution >= 0.6 is 15.9 Å². The Morgan fingerprint density at radius 1 is 1.44 bits per heavy atom. The number of hydrogen-bond acceptors (Lipinski definition) is 2. The highest BCUT2D eigenvalue weighted by Crippen LogP contribution is 2.17. The highest BCUT2D eigenvalue weighted by molar-refractivity contribution is 9.10. The lowest BCUT2D eigenvalue weighted by atomic mass is 9.97. The minimum absolute atomic E-state index is 0.0834. The molecule has 1 rings (SSSR count). The number of alkyl halides is 1. The van der Waals surface area contributed by atoms with E-state index in [2.05, 4.69) is 15.9 Å². The van der Waals surface area contributed by atoms with Gasteiger partial charge in [-0.15, -0.1) is 0 Å². The summed E-state index contributed by atoms with van der Waals surface area (Å²) in [5, 5.41) is 8.76. The SMILES string of the molecule is Cc1ccc(CC(=O)O)c(C(=O)C(C)Br)c1. The maximum absolute atomic E-state index is 11.9. The molecule has 4 heteroatoms. The maximum Gasteiger partial charge on any atom is 0.307 e. The molecule has 0 amide bonds. The van der Waals surface area contributed by atoms with Gasteiger partial charge in [0.15, 0.2) is 5.78 Å². The molecule has 0 aliphatic carbocycles. The zero-order valence-corrected chi connectivity index (χ0v) is 10.7. The molecule has 0 spiro atoms. The Morgan fingerprint density at radius 2 is 2.06 bits per heavy atom. The zero-order valence-electron chi connectivity index (χ0n) is 9.16. The summed E-state index contributed by atoms with van der Waals surface area (Å²) < 4.78 is 0. The van der Waals surface area contributed by atoms with Crippen LogP contribution in [0.2, 0.25) is 0 Å². The van der Waals surface area contributed by atoms with Gasteiger partial charge < -0.3 is 5.11 Å². The molecule has 1 unspecified atom stereocenters. The normalized spacial score (nSPS) is 12.2. The van der Waals surface area contributed by atoms with Gasteiger partial charge in [-0.25, -0.2) is 0 Å². The molecular formula is C12H13BrO3. The van der Waals surface area contributed by atoms with E-state index in [9.17, 15) is 9.59 Å². The summed E-state index contributed by atoms with van der Waals surface area (Å²) in [6.45, 7) is 3.61. The Kier molecular flexibility index (Phi) is 4.24. The van der Waals surface area contributed by atoms with E-state index in [1.54, 1.807) is 19.1 Å². The van der Waals surface area contributed by atoms with Crippen LogP contribution in [0, 0.1) is 6.92 Å². The molecule has 0 saturated heterocycles. The molecule has 0 aliphatic heterocycles. The van der Waals surface area contributed by atoms with Crippen LogP contribution in [-0.4, -0.2) is 21.7 Å². The van der Waals surface area contributed by atoms with Gasteiger partial charge in [-0.3, -0.25) is 9.59 Å². The Balaban J connectivity index is 3.17. The van der Waals surface area contributed by atoms with Crippen LogP contribution in [0.15, 0.2) is 18.2 Å². The number of rotatable bonds is 4. The smallest absolute Gasteiger partial charge is 0.307 e. The largest absolute Gasteiger partial charge is 0.481 e. The number of ketones is 1. The van der Waals surface area contributed by atoms with Gasteiger partial charge >= 0.3 is 5.97 Å². The first-order chi connectivity index (χ1) is 7.41. The van der Waals surface area contributed by atoms with Crippen LogP contribution in [0.1, 0.15) is 28.4 Å². The molecule has 1 aromatic carbocycles. The van der Waals surface area contributed by atoms with Gasteiger partial charge in [0.1, 0.15) is 0 Å². The van der Waals surface area contributed by atoms with Crippen molar-refractivity contribution in [1.29, 1.82) is 0 Å². The van der Waals surface area contributed by atoms with Gasteiger partial charge in [-0.2, -0.15) is 0 Å². The standard InChI is InChI=1S/C12H13BrO3/c1-7-3-4-9(6-11(14)15)10(5-7)12(16)8(2)13/h3-5,8H,6H2,1-2H3,(H,14,15). The lowest BCUT2D eigenvalue weighted by Crippen LogP contribution is -2.14. The Hall–Kier alpha value is -1.16. The molecule has 0 heterocycles. The van der Waals surface area contributed by atoms with E-state index < -0.39 is 5.97 Å². The minimum Gasteiger partial charge on any atom is -0.481 e. The number of carbonyl (C=O) groups is 2.